The van der Waals surface area contributed by atoms with Crippen molar-refractivity contribution in [2.24, 2.45) is 7.05 Å². The summed E-state index contributed by atoms with van der Waals surface area (Å²) in [6.07, 6.45) is 7.48. The maximum Gasteiger partial charge on any atom is 0.256 e. The lowest BCUT2D eigenvalue weighted by Crippen LogP contribution is -2.46. The first kappa shape index (κ1) is 24.3. The molecular weight excluding hydrogens is 489 g/mol. The molecule has 2 aliphatic rings. The molecule has 2 saturated heterocycles. The van der Waals surface area contributed by atoms with Crippen LogP contribution >= 0.6 is 0 Å². The molecule has 0 unspecified atom stereocenters. The van der Waals surface area contributed by atoms with Crippen molar-refractivity contribution >= 4 is 34.1 Å². The van der Waals surface area contributed by atoms with Gasteiger partial charge in [-0.15, -0.1) is 5.10 Å². The smallest absolute Gasteiger partial charge is 0.256 e. The Morgan fingerprint density at radius 1 is 1.26 bits per heavy atom. The molecule has 0 radical (unpaired) electrons. The summed E-state index contributed by atoms with van der Waals surface area (Å²) in [5.41, 5.74) is 2.63. The lowest BCUT2D eigenvalue weighted by molar-refractivity contribution is -0.120. The minimum absolute atomic E-state index is 0.0110. The first-order chi connectivity index (χ1) is 18.5. The SMILES string of the molecule is COc1nn(C)cc1Nc1ncc(F)c(-c2c[nH]c3c(NC(=O)[C@H]4CCCN4[C@H]4CCNC4)cccc23)n1. The number of nitrogens with one attached hydrogen (secondary N) is 4. The quantitative estimate of drug-likeness (QED) is 0.294. The number of fused-ring (bicyclic) bond motifs is 1. The van der Waals surface area contributed by atoms with E-state index in [0.29, 0.717) is 34.4 Å². The fraction of sp³-hybridized carbons (Fsp3) is 0.385. The second kappa shape index (κ2) is 10.0. The number of para-hydroxylation sites is 1. The van der Waals surface area contributed by atoms with Crippen molar-refractivity contribution in [1.82, 2.24) is 34.9 Å². The maximum absolute atomic E-state index is 15.0. The van der Waals surface area contributed by atoms with Crippen LogP contribution in [0.25, 0.3) is 22.2 Å². The minimum atomic E-state index is -0.559. The van der Waals surface area contributed by atoms with Crippen LogP contribution in [0.15, 0.2) is 36.8 Å². The van der Waals surface area contributed by atoms with E-state index in [4.69, 9.17) is 4.74 Å². The molecule has 2 atom stereocenters. The van der Waals surface area contributed by atoms with Crippen LogP contribution in [0.2, 0.25) is 0 Å². The van der Waals surface area contributed by atoms with Crippen LogP contribution in [-0.2, 0) is 11.8 Å². The number of ether oxygens (including phenoxy) is 1. The van der Waals surface area contributed by atoms with E-state index in [9.17, 15) is 9.18 Å². The first-order valence-corrected chi connectivity index (χ1v) is 12.8. The van der Waals surface area contributed by atoms with Gasteiger partial charge in [0.1, 0.15) is 11.4 Å². The van der Waals surface area contributed by atoms with Crippen molar-refractivity contribution < 1.29 is 13.9 Å². The Hall–Kier alpha value is -4.03. The van der Waals surface area contributed by atoms with Crippen LogP contribution in [0.1, 0.15) is 19.3 Å². The molecular formula is C26H30FN9O2. The molecule has 4 aromatic rings. The number of nitrogens with zero attached hydrogens (tertiary/aromatic N) is 5. The molecule has 38 heavy (non-hydrogen) atoms. The van der Waals surface area contributed by atoms with E-state index in [1.165, 1.54) is 7.11 Å². The summed E-state index contributed by atoms with van der Waals surface area (Å²) < 4.78 is 21.8. The number of benzene rings is 1. The summed E-state index contributed by atoms with van der Waals surface area (Å²) >= 11 is 0. The highest BCUT2D eigenvalue weighted by atomic mass is 19.1. The Balaban J connectivity index is 1.27. The average Bonchev–Trinajstić information content (AvgIpc) is 3.71. The topological polar surface area (TPSA) is 125 Å². The number of anilines is 3. The summed E-state index contributed by atoms with van der Waals surface area (Å²) in [5, 5.41) is 14.5. The van der Waals surface area contributed by atoms with E-state index in [-0.39, 0.29) is 23.6 Å². The predicted octanol–water partition coefficient (Wildman–Crippen LogP) is 3.01. The maximum atomic E-state index is 15.0. The van der Waals surface area contributed by atoms with E-state index in [1.807, 2.05) is 18.2 Å². The van der Waals surface area contributed by atoms with Gasteiger partial charge in [-0.1, -0.05) is 12.1 Å². The monoisotopic (exact) mass is 519 g/mol. The number of H-pyrrole nitrogens is 1. The standard InChI is InChI=1S/C26H30FN9O2/c1-35-14-20(25(34-35)38-2)32-26-30-13-18(27)22(33-26)17-12-29-23-16(17)5-3-6-19(23)31-24(37)21-7-4-10-36(21)15-8-9-28-11-15/h3,5-6,12-15,21,28-29H,4,7-11H2,1-2H3,(H,31,37)(H,30,32,33)/t15-,21+/m0/s1. The van der Waals surface area contributed by atoms with Crippen LogP contribution in [-0.4, -0.2) is 74.4 Å². The van der Waals surface area contributed by atoms with Crippen LogP contribution in [0.4, 0.5) is 21.7 Å². The zero-order valence-corrected chi connectivity index (χ0v) is 21.3. The van der Waals surface area contributed by atoms with Crippen LogP contribution in [0, 0.1) is 5.82 Å². The second-order valence-corrected chi connectivity index (χ2v) is 9.70. The van der Waals surface area contributed by atoms with Crippen LogP contribution < -0.4 is 20.7 Å². The second-order valence-electron chi connectivity index (χ2n) is 9.70. The molecule has 5 heterocycles. The zero-order chi connectivity index (χ0) is 26.2. The normalized spacial score (nSPS) is 19.8. The Kier molecular flexibility index (Phi) is 6.42. The van der Waals surface area contributed by atoms with Gasteiger partial charge in [0.25, 0.3) is 5.88 Å². The summed E-state index contributed by atoms with van der Waals surface area (Å²) in [5.74, 6) is 0.00712. The summed E-state index contributed by atoms with van der Waals surface area (Å²) in [4.78, 5) is 27.4. The van der Waals surface area contributed by atoms with Gasteiger partial charge in [-0.05, 0) is 38.4 Å². The molecule has 0 bridgehead atoms. The van der Waals surface area contributed by atoms with Crippen LogP contribution in [0.5, 0.6) is 5.88 Å². The molecule has 0 saturated carbocycles. The number of aromatic amines is 1. The summed E-state index contributed by atoms with van der Waals surface area (Å²) in [6, 6.07) is 5.83. The highest BCUT2D eigenvalue weighted by Crippen LogP contribution is 2.34. The van der Waals surface area contributed by atoms with Crippen LogP contribution in [0.3, 0.4) is 0 Å². The molecule has 0 aliphatic carbocycles. The lowest BCUT2D eigenvalue weighted by Gasteiger charge is -2.29. The number of likely N-dealkylation sites (tertiary alicyclic amines) is 1. The minimum Gasteiger partial charge on any atom is -0.478 e. The highest BCUT2D eigenvalue weighted by molar-refractivity contribution is 6.06. The molecule has 6 rings (SSSR count). The zero-order valence-electron chi connectivity index (χ0n) is 21.3. The van der Waals surface area contributed by atoms with E-state index in [0.717, 1.165) is 50.5 Å². The molecule has 11 nitrogen and oxygen atoms in total. The predicted molar refractivity (Wildman–Crippen MR) is 142 cm³/mol. The molecule has 0 spiro atoms. The van der Waals surface area contributed by atoms with Gasteiger partial charge >= 0.3 is 0 Å². The number of hydrogen-bond acceptors (Lipinski definition) is 8. The van der Waals surface area contributed by atoms with Gasteiger partial charge in [-0.3, -0.25) is 14.4 Å². The molecule has 1 aromatic carbocycles. The first-order valence-electron chi connectivity index (χ1n) is 12.8. The molecule has 4 N–H and O–H groups in total. The molecule has 2 aliphatic heterocycles. The van der Waals surface area contributed by atoms with E-state index in [2.05, 4.69) is 40.9 Å². The van der Waals surface area contributed by atoms with Crippen molar-refractivity contribution in [3.8, 4) is 17.1 Å². The molecule has 3 aromatic heterocycles. The van der Waals surface area contributed by atoms with Gasteiger partial charge in [0.05, 0.1) is 36.7 Å². The van der Waals surface area contributed by atoms with Gasteiger partial charge in [0.2, 0.25) is 11.9 Å². The van der Waals surface area contributed by atoms with Crippen molar-refractivity contribution in [2.45, 2.75) is 31.3 Å². The number of methoxy groups -OCH3 is 1. The largest absolute Gasteiger partial charge is 0.478 e. The van der Waals surface area contributed by atoms with E-state index >= 15 is 0 Å². The number of aromatic nitrogens is 5. The number of carbonyl (C=O) groups excluding carboxylic acids is 1. The van der Waals surface area contributed by atoms with Crippen molar-refractivity contribution in [2.75, 3.05) is 37.4 Å². The summed E-state index contributed by atoms with van der Waals surface area (Å²) in [7, 11) is 3.28. The number of hydrogen-bond donors (Lipinski definition) is 4. The molecule has 1 amide bonds. The average molecular weight is 520 g/mol. The van der Waals surface area contributed by atoms with Crippen molar-refractivity contribution in [1.29, 1.82) is 0 Å². The van der Waals surface area contributed by atoms with Gasteiger partial charge in [-0.2, -0.15) is 0 Å². The Bertz CT molecular complexity index is 1480. The third-order valence-electron chi connectivity index (χ3n) is 7.31. The summed E-state index contributed by atoms with van der Waals surface area (Å²) in [6.45, 7) is 2.86. The van der Waals surface area contributed by atoms with Crippen molar-refractivity contribution in [3.63, 3.8) is 0 Å². The number of aryl methyl sites for hydroxylation is 1. The van der Waals surface area contributed by atoms with Gasteiger partial charge in [0.15, 0.2) is 5.82 Å². The molecule has 2 fully saturated rings. The van der Waals surface area contributed by atoms with Gasteiger partial charge in [0, 0.05) is 36.8 Å². The van der Waals surface area contributed by atoms with Gasteiger partial charge < -0.3 is 25.7 Å². The third-order valence-corrected chi connectivity index (χ3v) is 7.31. The lowest BCUT2D eigenvalue weighted by atomic mass is 10.1. The van der Waals surface area contributed by atoms with E-state index < -0.39 is 5.82 Å². The number of halogens is 1. The number of rotatable bonds is 7. The fourth-order valence-corrected chi connectivity index (χ4v) is 5.54. The fourth-order valence-electron chi connectivity index (χ4n) is 5.54. The third kappa shape index (κ3) is 4.45. The Morgan fingerprint density at radius 3 is 2.97 bits per heavy atom. The molecule has 12 heteroatoms. The number of amides is 1. The van der Waals surface area contributed by atoms with Crippen molar-refractivity contribution in [3.05, 3.63) is 42.6 Å². The Morgan fingerprint density at radius 2 is 2.16 bits per heavy atom. The number of carbonyl (C=O) groups is 1. The van der Waals surface area contributed by atoms with E-state index in [1.54, 1.807) is 24.1 Å². The highest BCUT2D eigenvalue weighted by Gasteiger charge is 2.36. The van der Waals surface area contributed by atoms with Gasteiger partial charge in [-0.25, -0.2) is 14.4 Å². The molecule has 198 valence electrons. The Labute approximate surface area is 218 Å².